The molecular formula is C7H14O3. The van der Waals surface area contributed by atoms with Crippen molar-refractivity contribution in [3.8, 4) is 0 Å². The minimum absolute atomic E-state index is 0.204. The van der Waals surface area contributed by atoms with Gasteiger partial charge in [0.1, 0.15) is 6.29 Å². The highest BCUT2D eigenvalue weighted by Crippen LogP contribution is 2.04. The number of methoxy groups -OCH3 is 1. The molecule has 0 rings (SSSR count). The molecule has 60 valence electrons. The van der Waals surface area contributed by atoms with Crippen LogP contribution in [-0.2, 0) is 9.53 Å². The molecule has 3 heteroatoms. The number of aliphatic hydroxyl groups is 1. The van der Waals surface area contributed by atoms with Crippen molar-refractivity contribution in [2.75, 3.05) is 7.11 Å². The highest BCUT2D eigenvalue weighted by atomic mass is 16.5. The zero-order chi connectivity index (χ0) is 7.98. The molecule has 0 spiro atoms. The molecule has 0 aromatic carbocycles. The summed E-state index contributed by atoms with van der Waals surface area (Å²) in [6.45, 7) is 1.65. The third-order valence-corrected chi connectivity index (χ3v) is 1.41. The molecule has 0 radical (unpaired) electrons. The molecule has 0 amide bonds. The first-order valence-electron chi connectivity index (χ1n) is 3.37. The van der Waals surface area contributed by atoms with Crippen LogP contribution in [0.2, 0.25) is 0 Å². The monoisotopic (exact) mass is 146 g/mol. The van der Waals surface area contributed by atoms with Crippen LogP contribution in [0.5, 0.6) is 0 Å². The lowest BCUT2D eigenvalue weighted by Crippen LogP contribution is -2.24. The van der Waals surface area contributed by atoms with Crippen LogP contribution < -0.4 is 0 Å². The number of rotatable bonds is 5. The summed E-state index contributed by atoms with van der Waals surface area (Å²) in [6.07, 6.45) is 1.17. The van der Waals surface area contributed by atoms with E-state index in [1.54, 1.807) is 6.92 Å². The molecule has 0 aliphatic heterocycles. The average molecular weight is 146 g/mol. The maximum atomic E-state index is 9.91. The second-order valence-electron chi connectivity index (χ2n) is 2.26. The topological polar surface area (TPSA) is 46.5 Å². The summed E-state index contributed by atoms with van der Waals surface area (Å²) < 4.78 is 4.90. The van der Waals surface area contributed by atoms with Crippen LogP contribution in [0.25, 0.3) is 0 Å². The average Bonchev–Trinajstić information content (AvgIpc) is 1.89. The van der Waals surface area contributed by atoms with Gasteiger partial charge in [0.15, 0.2) is 0 Å². The van der Waals surface area contributed by atoms with Crippen molar-refractivity contribution in [3.63, 3.8) is 0 Å². The van der Waals surface area contributed by atoms with Gasteiger partial charge >= 0.3 is 0 Å². The van der Waals surface area contributed by atoms with E-state index in [1.165, 1.54) is 7.11 Å². The second-order valence-corrected chi connectivity index (χ2v) is 2.26. The fourth-order valence-electron chi connectivity index (χ4n) is 0.788. The Morgan fingerprint density at radius 1 is 1.70 bits per heavy atom. The molecule has 0 aromatic rings. The van der Waals surface area contributed by atoms with Gasteiger partial charge in [0.05, 0.1) is 12.2 Å². The first-order chi connectivity index (χ1) is 4.72. The largest absolute Gasteiger partial charge is 0.391 e. The van der Waals surface area contributed by atoms with Gasteiger partial charge in [-0.2, -0.15) is 0 Å². The summed E-state index contributed by atoms with van der Waals surface area (Å²) in [5.74, 6) is 0. The predicted molar refractivity (Wildman–Crippen MR) is 37.8 cm³/mol. The predicted octanol–water partition coefficient (Wildman–Crippen LogP) is 0.361. The van der Waals surface area contributed by atoms with Gasteiger partial charge in [-0.3, -0.25) is 0 Å². The maximum absolute atomic E-state index is 9.91. The Balaban J connectivity index is 3.49. The highest BCUT2D eigenvalue weighted by Gasteiger charge is 2.12. The number of aliphatic hydroxyl groups excluding tert-OH is 1. The molecule has 0 saturated heterocycles. The second kappa shape index (κ2) is 5.38. The number of hydrogen-bond donors (Lipinski definition) is 1. The zero-order valence-corrected chi connectivity index (χ0v) is 6.41. The number of hydrogen-bond acceptors (Lipinski definition) is 3. The van der Waals surface area contributed by atoms with Crippen molar-refractivity contribution in [2.24, 2.45) is 0 Å². The Hall–Kier alpha value is -0.410. The molecule has 0 bridgehead atoms. The van der Waals surface area contributed by atoms with E-state index in [0.29, 0.717) is 12.8 Å². The SMILES string of the molecule is COC(CCC=O)C(C)O. The van der Waals surface area contributed by atoms with E-state index in [-0.39, 0.29) is 6.10 Å². The minimum Gasteiger partial charge on any atom is -0.391 e. The van der Waals surface area contributed by atoms with Crippen LogP contribution in [0.15, 0.2) is 0 Å². The Kier molecular flexibility index (Phi) is 5.16. The number of carbonyl (C=O) groups is 1. The van der Waals surface area contributed by atoms with Gasteiger partial charge in [-0.15, -0.1) is 0 Å². The summed E-state index contributed by atoms with van der Waals surface area (Å²) >= 11 is 0. The Labute approximate surface area is 61.0 Å². The van der Waals surface area contributed by atoms with Crippen molar-refractivity contribution in [2.45, 2.75) is 32.0 Å². The van der Waals surface area contributed by atoms with Gasteiger partial charge in [-0.05, 0) is 13.3 Å². The molecule has 0 fully saturated rings. The standard InChI is InChI=1S/C7H14O3/c1-6(9)7(10-2)4-3-5-8/h5-7,9H,3-4H2,1-2H3. The smallest absolute Gasteiger partial charge is 0.120 e. The molecule has 1 N–H and O–H groups in total. The zero-order valence-electron chi connectivity index (χ0n) is 6.41. The molecule has 0 heterocycles. The molecule has 10 heavy (non-hydrogen) atoms. The van der Waals surface area contributed by atoms with E-state index in [2.05, 4.69) is 0 Å². The van der Waals surface area contributed by atoms with E-state index in [4.69, 9.17) is 9.84 Å². The van der Waals surface area contributed by atoms with Crippen LogP contribution in [0.1, 0.15) is 19.8 Å². The summed E-state index contributed by atoms with van der Waals surface area (Å²) in [6, 6.07) is 0. The molecular weight excluding hydrogens is 132 g/mol. The summed E-state index contributed by atoms with van der Waals surface area (Å²) in [7, 11) is 1.53. The van der Waals surface area contributed by atoms with Gasteiger partial charge in [-0.25, -0.2) is 0 Å². The minimum atomic E-state index is -0.495. The van der Waals surface area contributed by atoms with Crippen molar-refractivity contribution in [3.05, 3.63) is 0 Å². The van der Waals surface area contributed by atoms with Crippen LogP contribution in [0, 0.1) is 0 Å². The fraction of sp³-hybridized carbons (Fsp3) is 0.857. The quantitative estimate of drug-likeness (QED) is 0.570. The van der Waals surface area contributed by atoms with E-state index in [9.17, 15) is 4.79 Å². The van der Waals surface area contributed by atoms with Crippen molar-refractivity contribution in [1.29, 1.82) is 0 Å². The Bertz CT molecular complexity index is 90.9. The Morgan fingerprint density at radius 3 is 2.60 bits per heavy atom. The van der Waals surface area contributed by atoms with Gasteiger partial charge in [0.2, 0.25) is 0 Å². The summed E-state index contributed by atoms with van der Waals surface area (Å²) in [5.41, 5.74) is 0. The maximum Gasteiger partial charge on any atom is 0.120 e. The van der Waals surface area contributed by atoms with Gasteiger partial charge in [0.25, 0.3) is 0 Å². The normalized spacial score (nSPS) is 16.3. The highest BCUT2D eigenvalue weighted by molar-refractivity contribution is 5.49. The summed E-state index contributed by atoms with van der Waals surface area (Å²) in [4.78, 5) is 9.91. The molecule has 2 unspecified atom stereocenters. The Morgan fingerprint density at radius 2 is 2.30 bits per heavy atom. The van der Waals surface area contributed by atoms with Crippen molar-refractivity contribution < 1.29 is 14.6 Å². The number of ether oxygens (including phenoxy) is 1. The van der Waals surface area contributed by atoms with E-state index < -0.39 is 6.10 Å². The molecule has 2 atom stereocenters. The van der Waals surface area contributed by atoms with Crippen LogP contribution >= 0.6 is 0 Å². The molecule has 0 saturated carbocycles. The van der Waals surface area contributed by atoms with Crippen LogP contribution in [0.3, 0.4) is 0 Å². The number of carbonyl (C=O) groups excluding carboxylic acids is 1. The first kappa shape index (κ1) is 9.59. The van der Waals surface area contributed by atoms with E-state index in [0.717, 1.165) is 6.29 Å². The van der Waals surface area contributed by atoms with Gasteiger partial charge in [-0.1, -0.05) is 0 Å². The van der Waals surface area contributed by atoms with E-state index in [1.807, 2.05) is 0 Å². The lowest BCUT2D eigenvalue weighted by molar-refractivity contribution is -0.108. The lowest BCUT2D eigenvalue weighted by Gasteiger charge is -2.16. The van der Waals surface area contributed by atoms with Gasteiger partial charge < -0.3 is 14.6 Å². The van der Waals surface area contributed by atoms with Crippen molar-refractivity contribution >= 4 is 6.29 Å². The number of aldehydes is 1. The van der Waals surface area contributed by atoms with Crippen LogP contribution in [-0.4, -0.2) is 30.7 Å². The fourth-order valence-corrected chi connectivity index (χ4v) is 0.788. The molecule has 3 nitrogen and oxygen atoms in total. The molecule has 0 aromatic heterocycles. The molecule has 0 aliphatic rings. The van der Waals surface area contributed by atoms with E-state index >= 15 is 0 Å². The first-order valence-corrected chi connectivity index (χ1v) is 3.37. The summed E-state index contributed by atoms with van der Waals surface area (Å²) in [5, 5.41) is 9.00. The molecule has 0 aliphatic carbocycles. The van der Waals surface area contributed by atoms with Gasteiger partial charge in [0, 0.05) is 13.5 Å². The third kappa shape index (κ3) is 3.58. The van der Waals surface area contributed by atoms with Crippen LogP contribution in [0.4, 0.5) is 0 Å². The lowest BCUT2D eigenvalue weighted by atomic mass is 10.1. The van der Waals surface area contributed by atoms with Crippen molar-refractivity contribution in [1.82, 2.24) is 0 Å². The third-order valence-electron chi connectivity index (χ3n) is 1.41.